The Bertz CT molecular complexity index is 357. The van der Waals surface area contributed by atoms with Crippen LogP contribution in [-0.4, -0.2) is 22.4 Å². The van der Waals surface area contributed by atoms with E-state index < -0.39 is 0 Å². The molecule has 0 radical (unpaired) electrons. The molecule has 0 fully saturated rings. The molecule has 3 atom stereocenters. The van der Waals surface area contributed by atoms with Crippen LogP contribution >= 0.6 is 0 Å². The maximum atomic E-state index is 4.69. The van der Waals surface area contributed by atoms with E-state index in [0.29, 0.717) is 23.9 Å². The molecule has 0 aliphatic heterocycles. The van der Waals surface area contributed by atoms with Crippen LogP contribution in [0, 0.1) is 11.8 Å². The summed E-state index contributed by atoms with van der Waals surface area (Å²) in [5, 5.41) is 8.21. The summed E-state index contributed by atoms with van der Waals surface area (Å²) in [6, 6.07) is 3.24. The van der Waals surface area contributed by atoms with Gasteiger partial charge in [-0.1, -0.05) is 34.6 Å². The predicted octanol–water partition coefficient (Wildman–Crippen LogP) is 3.67. The third kappa shape index (κ3) is 5.35. The van der Waals surface area contributed by atoms with E-state index in [9.17, 15) is 0 Å². The van der Waals surface area contributed by atoms with E-state index in [1.165, 1.54) is 5.69 Å². The molecule has 110 valence electrons. The van der Waals surface area contributed by atoms with Crippen molar-refractivity contribution in [2.24, 2.45) is 11.8 Å². The second-order valence-corrected chi connectivity index (χ2v) is 6.27. The van der Waals surface area contributed by atoms with Crippen molar-refractivity contribution < 1.29 is 0 Å². The van der Waals surface area contributed by atoms with E-state index in [2.05, 4.69) is 63.8 Å². The van der Waals surface area contributed by atoms with E-state index in [4.69, 9.17) is 5.10 Å². The predicted molar refractivity (Wildman–Crippen MR) is 82.4 cm³/mol. The molecule has 0 aliphatic carbocycles. The van der Waals surface area contributed by atoms with E-state index in [0.717, 1.165) is 19.4 Å². The first-order valence-electron chi connectivity index (χ1n) is 7.71. The average Bonchev–Trinajstić information content (AvgIpc) is 2.83. The van der Waals surface area contributed by atoms with Gasteiger partial charge in [-0.15, -0.1) is 0 Å². The molecule has 19 heavy (non-hydrogen) atoms. The first kappa shape index (κ1) is 16.2. The zero-order valence-corrected chi connectivity index (χ0v) is 13.5. The second-order valence-electron chi connectivity index (χ2n) is 6.27. The number of nitrogens with one attached hydrogen (secondary N) is 1. The normalized spacial score (nSPS) is 16.6. The molecule has 1 heterocycles. The highest BCUT2D eigenvalue weighted by Crippen LogP contribution is 2.17. The van der Waals surface area contributed by atoms with Crippen LogP contribution in [0.3, 0.4) is 0 Å². The van der Waals surface area contributed by atoms with Gasteiger partial charge in [0, 0.05) is 18.3 Å². The van der Waals surface area contributed by atoms with Crippen LogP contribution in [0.4, 0.5) is 0 Å². The summed E-state index contributed by atoms with van der Waals surface area (Å²) >= 11 is 0. The Hall–Kier alpha value is -0.830. The summed E-state index contributed by atoms with van der Waals surface area (Å²) < 4.78 is 2.10. The fourth-order valence-corrected chi connectivity index (χ4v) is 2.07. The lowest BCUT2D eigenvalue weighted by molar-refractivity contribution is 0.350. The molecule has 3 heteroatoms. The molecule has 0 saturated heterocycles. The summed E-state index contributed by atoms with van der Waals surface area (Å²) in [5.41, 5.74) is 1.23. The summed E-state index contributed by atoms with van der Waals surface area (Å²) in [7, 11) is 0. The zero-order valence-electron chi connectivity index (χ0n) is 13.5. The molecular formula is C16H31N3. The molecule has 0 aliphatic rings. The largest absolute Gasteiger partial charge is 0.314 e. The SMILES string of the molecule is CCC(C)n1ccc(CC(C)C(C)CNC(C)C)n1. The van der Waals surface area contributed by atoms with Crippen molar-refractivity contribution in [3.63, 3.8) is 0 Å². The van der Waals surface area contributed by atoms with E-state index >= 15 is 0 Å². The van der Waals surface area contributed by atoms with Gasteiger partial charge in [-0.05, 0) is 44.2 Å². The van der Waals surface area contributed by atoms with Gasteiger partial charge in [0.15, 0.2) is 0 Å². The Morgan fingerprint density at radius 1 is 1.16 bits per heavy atom. The molecule has 3 unspecified atom stereocenters. The Morgan fingerprint density at radius 3 is 2.42 bits per heavy atom. The summed E-state index contributed by atoms with van der Waals surface area (Å²) in [6.45, 7) is 14.6. The molecule has 0 bridgehead atoms. The van der Waals surface area contributed by atoms with Crippen LogP contribution in [0.2, 0.25) is 0 Å². The van der Waals surface area contributed by atoms with Gasteiger partial charge < -0.3 is 5.32 Å². The summed E-state index contributed by atoms with van der Waals surface area (Å²) in [4.78, 5) is 0. The topological polar surface area (TPSA) is 29.9 Å². The lowest BCUT2D eigenvalue weighted by atomic mass is 9.91. The number of hydrogen-bond donors (Lipinski definition) is 1. The molecule has 0 amide bonds. The molecule has 0 spiro atoms. The maximum Gasteiger partial charge on any atom is 0.0627 e. The fraction of sp³-hybridized carbons (Fsp3) is 0.812. The van der Waals surface area contributed by atoms with Gasteiger partial charge in [-0.25, -0.2) is 0 Å². The average molecular weight is 265 g/mol. The van der Waals surface area contributed by atoms with Crippen LogP contribution in [0.15, 0.2) is 12.3 Å². The highest BCUT2D eigenvalue weighted by molar-refractivity contribution is 5.01. The van der Waals surface area contributed by atoms with Gasteiger partial charge in [-0.3, -0.25) is 4.68 Å². The van der Waals surface area contributed by atoms with Crippen molar-refractivity contribution >= 4 is 0 Å². The monoisotopic (exact) mass is 265 g/mol. The Morgan fingerprint density at radius 2 is 1.84 bits per heavy atom. The van der Waals surface area contributed by atoms with Crippen molar-refractivity contribution in [2.45, 2.75) is 66.5 Å². The zero-order chi connectivity index (χ0) is 14.4. The van der Waals surface area contributed by atoms with E-state index in [1.807, 2.05) is 0 Å². The van der Waals surface area contributed by atoms with Crippen LogP contribution in [0.25, 0.3) is 0 Å². The molecular weight excluding hydrogens is 234 g/mol. The molecule has 0 aromatic carbocycles. The summed E-state index contributed by atoms with van der Waals surface area (Å²) in [5.74, 6) is 1.34. The Balaban J connectivity index is 2.47. The molecule has 1 rings (SSSR count). The van der Waals surface area contributed by atoms with Crippen LogP contribution in [-0.2, 0) is 6.42 Å². The highest BCUT2D eigenvalue weighted by atomic mass is 15.3. The smallest absolute Gasteiger partial charge is 0.0627 e. The fourth-order valence-electron chi connectivity index (χ4n) is 2.07. The van der Waals surface area contributed by atoms with Crippen molar-refractivity contribution in [3.05, 3.63) is 18.0 Å². The minimum Gasteiger partial charge on any atom is -0.314 e. The van der Waals surface area contributed by atoms with Crippen LogP contribution in [0.1, 0.15) is 59.7 Å². The molecule has 1 aromatic rings. The van der Waals surface area contributed by atoms with Gasteiger partial charge in [-0.2, -0.15) is 5.10 Å². The quantitative estimate of drug-likeness (QED) is 0.777. The van der Waals surface area contributed by atoms with Gasteiger partial charge in [0.2, 0.25) is 0 Å². The van der Waals surface area contributed by atoms with Crippen molar-refractivity contribution in [1.82, 2.24) is 15.1 Å². The Kier molecular flexibility index (Phi) is 6.56. The minimum absolute atomic E-state index is 0.504. The van der Waals surface area contributed by atoms with Crippen molar-refractivity contribution in [3.8, 4) is 0 Å². The van der Waals surface area contributed by atoms with Gasteiger partial charge in [0.05, 0.1) is 5.69 Å². The third-order valence-electron chi connectivity index (χ3n) is 4.06. The first-order valence-corrected chi connectivity index (χ1v) is 7.71. The van der Waals surface area contributed by atoms with E-state index in [-0.39, 0.29) is 0 Å². The number of aromatic nitrogens is 2. The lowest BCUT2D eigenvalue weighted by Gasteiger charge is -2.21. The van der Waals surface area contributed by atoms with Crippen LogP contribution in [0.5, 0.6) is 0 Å². The summed E-state index contributed by atoms with van der Waals surface area (Å²) in [6.07, 6.45) is 4.32. The minimum atomic E-state index is 0.504. The molecule has 0 saturated carbocycles. The number of nitrogens with zero attached hydrogens (tertiary/aromatic N) is 2. The van der Waals surface area contributed by atoms with Gasteiger partial charge >= 0.3 is 0 Å². The van der Waals surface area contributed by atoms with Crippen molar-refractivity contribution in [2.75, 3.05) is 6.54 Å². The standard InChI is InChI=1S/C16H31N3/c1-7-15(6)19-9-8-16(18-19)10-13(4)14(5)11-17-12(2)3/h8-9,12-15,17H,7,10-11H2,1-6H3. The van der Waals surface area contributed by atoms with Crippen LogP contribution < -0.4 is 5.32 Å². The van der Waals surface area contributed by atoms with Gasteiger partial charge in [0.1, 0.15) is 0 Å². The lowest BCUT2D eigenvalue weighted by Crippen LogP contribution is -2.31. The molecule has 3 nitrogen and oxygen atoms in total. The second kappa shape index (κ2) is 7.68. The maximum absolute atomic E-state index is 4.69. The van der Waals surface area contributed by atoms with Gasteiger partial charge in [0.25, 0.3) is 0 Å². The Labute approximate surface area is 118 Å². The van der Waals surface area contributed by atoms with E-state index in [1.54, 1.807) is 0 Å². The van der Waals surface area contributed by atoms with Crippen molar-refractivity contribution in [1.29, 1.82) is 0 Å². The number of hydrogen-bond acceptors (Lipinski definition) is 2. The third-order valence-corrected chi connectivity index (χ3v) is 4.06. The molecule has 1 aromatic heterocycles. The first-order chi connectivity index (χ1) is 8.93. The highest BCUT2D eigenvalue weighted by Gasteiger charge is 2.15. The number of rotatable bonds is 8. The molecule has 1 N–H and O–H groups in total.